The lowest BCUT2D eigenvalue weighted by atomic mass is 9.89. The van der Waals surface area contributed by atoms with E-state index in [1.165, 1.54) is 36.5 Å². The van der Waals surface area contributed by atoms with Crippen LogP contribution in [0.15, 0.2) is 53.8 Å². The highest BCUT2D eigenvalue weighted by molar-refractivity contribution is 6.03. The van der Waals surface area contributed by atoms with E-state index in [2.05, 4.69) is 20.3 Å². The molecule has 0 bridgehead atoms. The number of anilines is 1. The average molecular weight is 439 g/mol. The van der Waals surface area contributed by atoms with Crippen molar-refractivity contribution >= 4 is 17.4 Å². The first-order chi connectivity index (χ1) is 15.4. The summed E-state index contributed by atoms with van der Waals surface area (Å²) in [6.07, 6.45) is 0.213. The highest BCUT2D eigenvalue weighted by Gasteiger charge is 2.38. The van der Waals surface area contributed by atoms with Gasteiger partial charge in [0.25, 0.3) is 12.3 Å². The number of nitrogens with zero attached hydrogens (tertiary/aromatic N) is 5. The Kier molecular flexibility index (Phi) is 5.36. The van der Waals surface area contributed by atoms with Crippen molar-refractivity contribution in [1.82, 2.24) is 14.5 Å². The highest BCUT2D eigenvalue weighted by Crippen LogP contribution is 2.37. The van der Waals surface area contributed by atoms with Crippen molar-refractivity contribution in [2.24, 2.45) is 10.7 Å². The molecule has 1 aliphatic rings. The molecule has 8 nitrogen and oxygen atoms in total. The third kappa shape index (κ3) is 3.66. The van der Waals surface area contributed by atoms with E-state index >= 15 is 0 Å². The molecule has 4 rings (SSSR count). The molecule has 0 saturated heterocycles. The maximum Gasteiger partial charge on any atom is 0.274 e. The lowest BCUT2D eigenvalue weighted by Gasteiger charge is -2.32. The summed E-state index contributed by atoms with van der Waals surface area (Å²) in [6, 6.07) is 9.71. The Bertz CT molecular complexity index is 1260. The van der Waals surface area contributed by atoms with E-state index in [4.69, 9.17) is 11.0 Å². The second-order valence-corrected chi connectivity index (χ2v) is 7.12. The smallest absolute Gasteiger partial charge is 0.274 e. The molecule has 3 N–H and O–H groups in total. The van der Waals surface area contributed by atoms with Crippen molar-refractivity contribution in [3.63, 3.8) is 0 Å². The first kappa shape index (κ1) is 21.0. The van der Waals surface area contributed by atoms with Crippen LogP contribution in [0.5, 0.6) is 0 Å². The number of nitrogens with one attached hydrogen (secondary N) is 1. The van der Waals surface area contributed by atoms with Crippen LogP contribution in [0.25, 0.3) is 0 Å². The lowest BCUT2D eigenvalue weighted by Crippen LogP contribution is -2.40. The second kappa shape index (κ2) is 8.14. The molecule has 11 heteroatoms. The molecule has 0 fully saturated rings. The quantitative estimate of drug-likeness (QED) is 0.633. The predicted octanol–water partition coefficient (Wildman–Crippen LogP) is 2.92. The van der Waals surface area contributed by atoms with Gasteiger partial charge in [0.15, 0.2) is 11.7 Å². The molecule has 0 saturated carbocycles. The van der Waals surface area contributed by atoms with Gasteiger partial charge in [-0.05, 0) is 23.8 Å². The van der Waals surface area contributed by atoms with Gasteiger partial charge >= 0.3 is 0 Å². The van der Waals surface area contributed by atoms with Gasteiger partial charge in [-0.25, -0.2) is 28.1 Å². The summed E-state index contributed by atoms with van der Waals surface area (Å²) >= 11 is 0. The van der Waals surface area contributed by atoms with Crippen LogP contribution >= 0.6 is 0 Å². The molecule has 1 amide bonds. The first-order valence-electron chi connectivity index (χ1n) is 9.41. The Morgan fingerprint density at radius 2 is 2.16 bits per heavy atom. The van der Waals surface area contributed by atoms with Crippen LogP contribution in [0.2, 0.25) is 0 Å². The number of amidine groups is 1. The number of fused-ring (bicyclic) bond motifs is 1. The predicted molar refractivity (Wildman–Crippen MR) is 109 cm³/mol. The fraction of sp³-hybridized carbons (Fsp3) is 0.190. The SMILES string of the molecule is N#Cc1cccc(C(=O)Nc2cc(C3(CF)Cn4ccnc4C(N)=N3)ccc2C(F)F)n1. The van der Waals surface area contributed by atoms with Crippen LogP contribution in [0.3, 0.4) is 0 Å². The normalized spacial score (nSPS) is 17.4. The van der Waals surface area contributed by atoms with Gasteiger partial charge in [0, 0.05) is 18.0 Å². The number of amides is 1. The van der Waals surface area contributed by atoms with E-state index in [0.717, 1.165) is 6.07 Å². The first-order valence-corrected chi connectivity index (χ1v) is 9.41. The van der Waals surface area contributed by atoms with Crippen LogP contribution in [-0.4, -0.2) is 33.0 Å². The topological polar surface area (TPSA) is 122 Å². The summed E-state index contributed by atoms with van der Waals surface area (Å²) in [7, 11) is 0. The van der Waals surface area contributed by atoms with E-state index < -0.39 is 30.1 Å². The summed E-state index contributed by atoms with van der Waals surface area (Å²) in [5.74, 6) is -0.394. The van der Waals surface area contributed by atoms with Crippen molar-refractivity contribution in [3.8, 4) is 6.07 Å². The number of nitriles is 1. The maximum atomic E-state index is 14.3. The molecule has 162 valence electrons. The molecule has 32 heavy (non-hydrogen) atoms. The van der Waals surface area contributed by atoms with Gasteiger partial charge in [-0.2, -0.15) is 5.26 Å². The summed E-state index contributed by atoms with van der Waals surface area (Å²) in [5, 5.41) is 11.3. The zero-order chi connectivity index (χ0) is 22.9. The number of carbonyl (C=O) groups excluding carboxylic acids is 1. The number of imidazole rings is 1. The van der Waals surface area contributed by atoms with Crippen molar-refractivity contribution in [2.45, 2.75) is 18.5 Å². The molecular formula is C21H16F3N7O. The number of hydrogen-bond donors (Lipinski definition) is 2. The van der Waals surface area contributed by atoms with Gasteiger partial charge in [0.2, 0.25) is 0 Å². The number of rotatable bonds is 5. The van der Waals surface area contributed by atoms with Gasteiger partial charge < -0.3 is 15.6 Å². The van der Waals surface area contributed by atoms with Gasteiger partial charge in [0.1, 0.15) is 29.7 Å². The van der Waals surface area contributed by atoms with E-state index in [1.54, 1.807) is 16.8 Å². The molecule has 1 aromatic carbocycles. The van der Waals surface area contributed by atoms with Crippen molar-refractivity contribution in [2.75, 3.05) is 12.0 Å². The van der Waals surface area contributed by atoms with E-state index in [1.807, 2.05) is 0 Å². The zero-order valence-corrected chi connectivity index (χ0v) is 16.5. The number of pyridine rings is 1. The summed E-state index contributed by atoms with van der Waals surface area (Å²) in [5.41, 5.74) is 3.93. The third-order valence-corrected chi connectivity index (χ3v) is 5.10. The van der Waals surface area contributed by atoms with Gasteiger partial charge in [-0.3, -0.25) is 4.79 Å². The monoisotopic (exact) mass is 439 g/mol. The summed E-state index contributed by atoms with van der Waals surface area (Å²) < 4.78 is 43.2. The molecule has 1 atom stereocenters. The fourth-order valence-electron chi connectivity index (χ4n) is 3.53. The lowest BCUT2D eigenvalue weighted by molar-refractivity contribution is 0.102. The minimum absolute atomic E-state index is 0.0000188. The molecule has 1 aliphatic heterocycles. The summed E-state index contributed by atoms with van der Waals surface area (Å²) in [4.78, 5) is 24.8. The van der Waals surface area contributed by atoms with Gasteiger partial charge in [-0.1, -0.05) is 18.2 Å². The van der Waals surface area contributed by atoms with Crippen LogP contribution in [0.4, 0.5) is 18.9 Å². The molecule has 0 spiro atoms. The number of alkyl halides is 3. The number of hydrogen-bond acceptors (Lipinski definition) is 6. The molecule has 0 aliphatic carbocycles. The Hall–Kier alpha value is -4.20. The maximum absolute atomic E-state index is 14.3. The Morgan fingerprint density at radius 1 is 1.34 bits per heavy atom. The summed E-state index contributed by atoms with van der Waals surface area (Å²) in [6.45, 7) is -0.911. The van der Waals surface area contributed by atoms with Crippen LogP contribution in [0, 0.1) is 11.3 Å². The van der Waals surface area contributed by atoms with E-state index in [0.29, 0.717) is 5.82 Å². The Labute approximate surface area is 180 Å². The van der Waals surface area contributed by atoms with Crippen molar-refractivity contribution in [1.29, 1.82) is 5.26 Å². The zero-order valence-electron chi connectivity index (χ0n) is 16.5. The number of benzene rings is 1. The van der Waals surface area contributed by atoms with E-state index in [-0.39, 0.29) is 35.0 Å². The fourth-order valence-corrected chi connectivity index (χ4v) is 3.53. The van der Waals surface area contributed by atoms with E-state index in [9.17, 15) is 18.0 Å². The molecular weight excluding hydrogens is 423 g/mol. The number of nitrogens with two attached hydrogens (primary N) is 1. The van der Waals surface area contributed by atoms with Gasteiger partial charge in [0.05, 0.1) is 12.2 Å². The number of aliphatic imine (C=N–C) groups is 1. The largest absolute Gasteiger partial charge is 0.381 e. The molecule has 2 aromatic heterocycles. The average Bonchev–Trinajstić information content (AvgIpc) is 3.27. The minimum Gasteiger partial charge on any atom is -0.381 e. The van der Waals surface area contributed by atoms with Crippen LogP contribution in [-0.2, 0) is 12.1 Å². The van der Waals surface area contributed by atoms with Crippen LogP contribution < -0.4 is 11.1 Å². The molecule has 1 unspecified atom stereocenters. The third-order valence-electron chi connectivity index (χ3n) is 5.10. The van der Waals surface area contributed by atoms with Crippen molar-refractivity contribution < 1.29 is 18.0 Å². The van der Waals surface area contributed by atoms with Gasteiger partial charge in [-0.15, -0.1) is 0 Å². The number of carbonyl (C=O) groups is 1. The highest BCUT2D eigenvalue weighted by atomic mass is 19.3. The van der Waals surface area contributed by atoms with Crippen molar-refractivity contribution in [3.05, 3.63) is 77.1 Å². The Morgan fingerprint density at radius 3 is 2.88 bits per heavy atom. The standard InChI is InChI=1S/C21H16F3N7O/c22-10-21(11-31-7-6-27-19(31)18(26)30-21)12-4-5-14(17(23)24)16(8-12)29-20(32)15-3-1-2-13(9-25)28-15/h1-8,17H,10-11H2,(H2,26,30)(H,29,32). The molecule has 3 heterocycles. The Balaban J connectivity index is 1.74. The van der Waals surface area contributed by atoms with Crippen LogP contribution in [0.1, 0.15) is 39.6 Å². The number of halogens is 3. The second-order valence-electron chi connectivity index (χ2n) is 7.12. The minimum atomic E-state index is -2.90. The number of aromatic nitrogens is 3. The molecule has 0 radical (unpaired) electrons. The molecule has 3 aromatic rings.